The molecule has 5 heteroatoms. The molecular formula is C15H26N2O2S. The summed E-state index contributed by atoms with van der Waals surface area (Å²) in [6, 6.07) is 0. The Morgan fingerprint density at radius 1 is 1.45 bits per heavy atom. The first-order chi connectivity index (χ1) is 9.41. The maximum Gasteiger partial charge on any atom is 0.113 e. The molecule has 1 fully saturated rings. The number of ether oxygens (including phenoxy) is 1. The number of hydrogen-bond donors (Lipinski definition) is 2. The lowest BCUT2D eigenvalue weighted by atomic mass is 9.98. The van der Waals surface area contributed by atoms with Crippen molar-refractivity contribution in [1.82, 2.24) is 10.3 Å². The summed E-state index contributed by atoms with van der Waals surface area (Å²) in [5, 5.41) is 16.8. The predicted molar refractivity (Wildman–Crippen MR) is 82.0 cm³/mol. The summed E-state index contributed by atoms with van der Waals surface area (Å²) >= 11 is 1.70. The van der Waals surface area contributed by atoms with Crippen LogP contribution in [0.1, 0.15) is 51.5 Å². The smallest absolute Gasteiger partial charge is 0.113 e. The molecule has 1 saturated carbocycles. The van der Waals surface area contributed by atoms with E-state index in [9.17, 15) is 5.11 Å². The topological polar surface area (TPSA) is 54.4 Å². The Balaban J connectivity index is 1.87. The first kappa shape index (κ1) is 15.9. The standard InChI is InChI=1S/C15H26N2O2S/c1-14(2,3)19-11-12(18)10-17-15(6-4-5-7-15)13-16-8-9-20-13/h8-9,12,17-18H,4-7,10-11H2,1-3H3. The van der Waals surface area contributed by atoms with Crippen LogP contribution < -0.4 is 5.32 Å². The minimum Gasteiger partial charge on any atom is -0.389 e. The van der Waals surface area contributed by atoms with Gasteiger partial charge in [0.1, 0.15) is 5.01 Å². The SMILES string of the molecule is CC(C)(C)OCC(O)CNC1(c2nccs2)CCCC1. The normalized spacial score (nSPS) is 20.2. The molecule has 1 aliphatic rings. The molecule has 1 aromatic rings. The van der Waals surface area contributed by atoms with Crippen molar-refractivity contribution < 1.29 is 9.84 Å². The van der Waals surface area contributed by atoms with Gasteiger partial charge in [0.25, 0.3) is 0 Å². The number of thiazole rings is 1. The quantitative estimate of drug-likeness (QED) is 0.848. The zero-order chi connectivity index (χ0) is 14.6. The molecular weight excluding hydrogens is 272 g/mol. The lowest BCUT2D eigenvalue weighted by Gasteiger charge is -2.30. The van der Waals surface area contributed by atoms with E-state index in [2.05, 4.69) is 10.3 Å². The highest BCUT2D eigenvalue weighted by molar-refractivity contribution is 7.09. The molecule has 114 valence electrons. The molecule has 1 atom stereocenters. The summed E-state index contributed by atoms with van der Waals surface area (Å²) < 4.78 is 5.63. The van der Waals surface area contributed by atoms with Crippen molar-refractivity contribution in [2.45, 2.75) is 63.7 Å². The van der Waals surface area contributed by atoms with Crippen LogP contribution in [0, 0.1) is 0 Å². The van der Waals surface area contributed by atoms with E-state index in [4.69, 9.17) is 4.74 Å². The number of aliphatic hydroxyl groups is 1. The Kier molecular flexibility index (Phi) is 5.18. The Morgan fingerprint density at radius 3 is 2.70 bits per heavy atom. The van der Waals surface area contributed by atoms with E-state index in [0.29, 0.717) is 13.2 Å². The maximum atomic E-state index is 10.1. The van der Waals surface area contributed by atoms with Crippen molar-refractivity contribution >= 4 is 11.3 Å². The van der Waals surface area contributed by atoms with Crippen LogP contribution in [-0.4, -0.2) is 34.9 Å². The first-order valence-corrected chi connectivity index (χ1v) is 8.26. The molecule has 0 amide bonds. The number of aromatic nitrogens is 1. The maximum absolute atomic E-state index is 10.1. The number of nitrogens with one attached hydrogen (secondary N) is 1. The number of aliphatic hydroxyl groups excluding tert-OH is 1. The van der Waals surface area contributed by atoms with Crippen LogP contribution in [-0.2, 0) is 10.3 Å². The van der Waals surface area contributed by atoms with Gasteiger partial charge < -0.3 is 15.2 Å². The molecule has 0 radical (unpaired) electrons. The predicted octanol–water partition coefficient (Wildman–Crippen LogP) is 2.68. The molecule has 1 aliphatic carbocycles. The summed E-state index contributed by atoms with van der Waals surface area (Å²) in [6.07, 6.45) is 6.04. The Bertz CT molecular complexity index is 395. The van der Waals surface area contributed by atoms with Gasteiger partial charge in [0.2, 0.25) is 0 Å². The van der Waals surface area contributed by atoms with Gasteiger partial charge in [0, 0.05) is 18.1 Å². The van der Waals surface area contributed by atoms with Crippen LogP contribution in [0.25, 0.3) is 0 Å². The van der Waals surface area contributed by atoms with Crippen molar-refractivity contribution in [2.75, 3.05) is 13.2 Å². The highest BCUT2D eigenvalue weighted by Gasteiger charge is 2.37. The van der Waals surface area contributed by atoms with Crippen molar-refractivity contribution in [1.29, 1.82) is 0 Å². The van der Waals surface area contributed by atoms with Gasteiger partial charge in [-0.05, 0) is 33.6 Å². The first-order valence-electron chi connectivity index (χ1n) is 7.38. The van der Waals surface area contributed by atoms with Gasteiger partial charge >= 0.3 is 0 Å². The Morgan fingerprint density at radius 2 is 2.15 bits per heavy atom. The van der Waals surface area contributed by atoms with E-state index < -0.39 is 6.10 Å². The molecule has 0 bridgehead atoms. The Labute approximate surface area is 125 Å². The average molecular weight is 298 g/mol. The summed E-state index contributed by atoms with van der Waals surface area (Å²) in [5.74, 6) is 0. The number of nitrogens with zero attached hydrogens (tertiary/aromatic N) is 1. The van der Waals surface area contributed by atoms with Crippen LogP contribution in [0.2, 0.25) is 0 Å². The fourth-order valence-electron chi connectivity index (χ4n) is 2.62. The molecule has 0 aromatic carbocycles. The highest BCUT2D eigenvalue weighted by Crippen LogP contribution is 2.39. The van der Waals surface area contributed by atoms with Gasteiger partial charge in [-0.25, -0.2) is 4.98 Å². The van der Waals surface area contributed by atoms with Gasteiger partial charge in [-0.3, -0.25) is 0 Å². The van der Waals surface area contributed by atoms with Crippen LogP contribution >= 0.6 is 11.3 Å². The molecule has 1 heterocycles. The second kappa shape index (κ2) is 6.52. The summed E-state index contributed by atoms with van der Waals surface area (Å²) in [6.45, 7) is 6.92. The summed E-state index contributed by atoms with van der Waals surface area (Å²) in [4.78, 5) is 4.48. The largest absolute Gasteiger partial charge is 0.389 e. The van der Waals surface area contributed by atoms with Crippen molar-refractivity contribution in [2.24, 2.45) is 0 Å². The summed E-state index contributed by atoms with van der Waals surface area (Å²) in [7, 11) is 0. The molecule has 4 nitrogen and oxygen atoms in total. The fraction of sp³-hybridized carbons (Fsp3) is 0.800. The molecule has 2 N–H and O–H groups in total. The fourth-order valence-corrected chi connectivity index (χ4v) is 3.50. The van der Waals surface area contributed by atoms with Gasteiger partial charge in [0.15, 0.2) is 0 Å². The van der Waals surface area contributed by atoms with E-state index >= 15 is 0 Å². The molecule has 1 unspecified atom stereocenters. The molecule has 20 heavy (non-hydrogen) atoms. The number of rotatable bonds is 6. The minimum atomic E-state index is -0.480. The minimum absolute atomic E-state index is 0.0309. The van der Waals surface area contributed by atoms with E-state index in [1.54, 1.807) is 11.3 Å². The zero-order valence-electron chi connectivity index (χ0n) is 12.7. The molecule has 0 spiro atoms. The van der Waals surface area contributed by atoms with Gasteiger partial charge in [-0.2, -0.15) is 0 Å². The summed E-state index contributed by atoms with van der Waals surface area (Å²) in [5.41, 5.74) is -0.238. The van der Waals surface area contributed by atoms with Crippen LogP contribution in [0.4, 0.5) is 0 Å². The van der Waals surface area contributed by atoms with Gasteiger partial charge in [-0.15, -0.1) is 11.3 Å². The highest BCUT2D eigenvalue weighted by atomic mass is 32.1. The van der Waals surface area contributed by atoms with Crippen LogP contribution in [0.5, 0.6) is 0 Å². The van der Waals surface area contributed by atoms with E-state index in [-0.39, 0.29) is 11.1 Å². The van der Waals surface area contributed by atoms with Crippen molar-refractivity contribution in [3.8, 4) is 0 Å². The van der Waals surface area contributed by atoms with Crippen LogP contribution in [0.3, 0.4) is 0 Å². The Hall–Kier alpha value is -0.490. The molecule has 2 rings (SSSR count). The van der Waals surface area contributed by atoms with Gasteiger partial charge in [-0.1, -0.05) is 12.8 Å². The molecule has 1 aromatic heterocycles. The molecule has 0 aliphatic heterocycles. The zero-order valence-corrected chi connectivity index (χ0v) is 13.5. The second-order valence-electron chi connectivity index (χ2n) is 6.58. The lowest BCUT2D eigenvalue weighted by molar-refractivity contribution is -0.0494. The number of hydrogen-bond acceptors (Lipinski definition) is 5. The van der Waals surface area contributed by atoms with Gasteiger partial charge in [0.05, 0.1) is 23.9 Å². The monoisotopic (exact) mass is 298 g/mol. The van der Waals surface area contributed by atoms with Crippen molar-refractivity contribution in [3.05, 3.63) is 16.6 Å². The molecule has 0 saturated heterocycles. The average Bonchev–Trinajstić information content (AvgIpc) is 3.04. The van der Waals surface area contributed by atoms with E-state index in [1.807, 2.05) is 32.3 Å². The van der Waals surface area contributed by atoms with E-state index in [0.717, 1.165) is 17.8 Å². The third-order valence-electron chi connectivity index (χ3n) is 3.68. The third-order valence-corrected chi connectivity index (χ3v) is 4.66. The lowest BCUT2D eigenvalue weighted by Crippen LogP contribution is -2.45. The third kappa shape index (κ3) is 4.25. The van der Waals surface area contributed by atoms with E-state index in [1.165, 1.54) is 12.8 Å². The van der Waals surface area contributed by atoms with Crippen LogP contribution in [0.15, 0.2) is 11.6 Å². The second-order valence-corrected chi connectivity index (χ2v) is 7.48. The van der Waals surface area contributed by atoms with Crippen molar-refractivity contribution in [3.63, 3.8) is 0 Å².